The van der Waals surface area contributed by atoms with Gasteiger partial charge in [-0.3, -0.25) is 14.2 Å². The highest BCUT2D eigenvalue weighted by Gasteiger charge is 2.28. The Balaban J connectivity index is 1.76. The molecular weight excluding hydrogens is 394 g/mol. The highest BCUT2D eigenvalue weighted by molar-refractivity contribution is 7.89. The number of piperazine rings is 1. The van der Waals surface area contributed by atoms with Crippen molar-refractivity contribution in [3.63, 3.8) is 0 Å². The number of amides is 1. The Kier molecular flexibility index (Phi) is 6.39. The molecule has 1 aromatic heterocycles. The van der Waals surface area contributed by atoms with Crippen LogP contribution in [0.4, 0.5) is 0 Å². The molecule has 156 valence electrons. The highest BCUT2D eigenvalue weighted by Crippen LogP contribution is 2.16. The molecule has 1 aromatic carbocycles. The number of aromatic nitrogens is 1. The topological polar surface area (TPSA) is 88.9 Å². The molecule has 1 aliphatic heterocycles. The average Bonchev–Trinajstić information content (AvgIpc) is 2.74. The van der Waals surface area contributed by atoms with Gasteiger partial charge in [0.15, 0.2) is 0 Å². The number of methoxy groups -OCH3 is 1. The molecule has 2 aromatic rings. The molecule has 9 heteroatoms. The Morgan fingerprint density at radius 3 is 2.28 bits per heavy atom. The molecule has 0 atom stereocenters. The molecule has 1 aliphatic rings. The van der Waals surface area contributed by atoms with Gasteiger partial charge in [-0.05, 0) is 36.8 Å². The minimum absolute atomic E-state index is 0.119. The number of hydrogen-bond acceptors (Lipinski definition) is 5. The molecule has 1 amide bonds. The summed E-state index contributed by atoms with van der Waals surface area (Å²) in [5.41, 5.74) is 0.758. The van der Waals surface area contributed by atoms with E-state index in [0.29, 0.717) is 36.5 Å². The molecule has 0 aliphatic carbocycles. The lowest BCUT2D eigenvalue weighted by molar-refractivity contribution is 0.0697. The van der Waals surface area contributed by atoms with Crippen LogP contribution in [0.5, 0.6) is 5.75 Å². The fourth-order valence-electron chi connectivity index (χ4n) is 3.30. The van der Waals surface area contributed by atoms with Crippen molar-refractivity contribution >= 4 is 15.9 Å². The summed E-state index contributed by atoms with van der Waals surface area (Å²) in [5, 5.41) is 0. The Labute approximate surface area is 170 Å². The number of benzene rings is 1. The van der Waals surface area contributed by atoms with Crippen molar-refractivity contribution in [3.05, 3.63) is 58.5 Å². The number of hydrogen-bond donors (Lipinski definition) is 0. The number of carbonyl (C=O) groups excluding carboxylic acids is 1. The predicted molar refractivity (Wildman–Crippen MR) is 110 cm³/mol. The highest BCUT2D eigenvalue weighted by atomic mass is 32.2. The van der Waals surface area contributed by atoms with E-state index in [1.807, 2.05) is 6.92 Å². The largest absolute Gasteiger partial charge is 0.497 e. The molecule has 0 bridgehead atoms. The van der Waals surface area contributed by atoms with Gasteiger partial charge in [0.25, 0.3) is 11.5 Å². The molecule has 1 fully saturated rings. The van der Waals surface area contributed by atoms with Gasteiger partial charge in [-0.15, -0.1) is 0 Å². The molecule has 29 heavy (non-hydrogen) atoms. The Morgan fingerprint density at radius 1 is 1.03 bits per heavy atom. The summed E-state index contributed by atoms with van der Waals surface area (Å²) in [4.78, 5) is 26.8. The number of carbonyl (C=O) groups is 1. The van der Waals surface area contributed by atoms with Gasteiger partial charge in [-0.1, -0.05) is 6.92 Å². The SMILES string of the molecule is CCCS(=O)(=O)N1CCN(C(=O)c2ccc(=O)n(-c3ccc(OC)cc3)c2)CC1. The number of sulfonamides is 1. The predicted octanol–water partition coefficient (Wildman–Crippen LogP) is 1.34. The van der Waals surface area contributed by atoms with Gasteiger partial charge in [0.2, 0.25) is 10.0 Å². The van der Waals surface area contributed by atoms with Crippen molar-refractivity contribution in [2.45, 2.75) is 13.3 Å². The Hall–Kier alpha value is -2.65. The standard InChI is InChI=1S/C20H25N3O5S/c1-3-14-29(26,27)22-12-10-21(11-13-22)20(25)16-4-9-19(24)23(15-16)17-5-7-18(28-2)8-6-17/h4-9,15H,3,10-14H2,1-2H3. The van der Waals surface area contributed by atoms with E-state index in [1.54, 1.807) is 36.3 Å². The number of rotatable bonds is 6. The van der Waals surface area contributed by atoms with E-state index in [4.69, 9.17) is 4.74 Å². The van der Waals surface area contributed by atoms with Crippen molar-refractivity contribution in [1.82, 2.24) is 13.8 Å². The fraction of sp³-hybridized carbons (Fsp3) is 0.400. The van der Waals surface area contributed by atoms with Crippen LogP contribution >= 0.6 is 0 Å². The van der Waals surface area contributed by atoms with Gasteiger partial charge in [-0.25, -0.2) is 8.42 Å². The second-order valence-corrected chi connectivity index (χ2v) is 8.92. The molecule has 0 spiro atoms. The van der Waals surface area contributed by atoms with Crippen molar-refractivity contribution in [2.75, 3.05) is 39.0 Å². The molecule has 2 heterocycles. The lowest BCUT2D eigenvalue weighted by Gasteiger charge is -2.34. The zero-order valence-electron chi connectivity index (χ0n) is 16.6. The summed E-state index contributed by atoms with van der Waals surface area (Å²) in [6, 6.07) is 9.83. The fourth-order valence-corrected chi connectivity index (χ4v) is 4.79. The van der Waals surface area contributed by atoms with E-state index < -0.39 is 10.0 Å². The summed E-state index contributed by atoms with van der Waals surface area (Å²) in [6.07, 6.45) is 2.08. The van der Waals surface area contributed by atoms with E-state index in [9.17, 15) is 18.0 Å². The van der Waals surface area contributed by atoms with Gasteiger partial charge in [0.1, 0.15) is 5.75 Å². The van der Waals surface area contributed by atoms with E-state index in [-0.39, 0.29) is 30.3 Å². The number of pyridine rings is 1. The van der Waals surface area contributed by atoms with Crippen LogP contribution in [-0.4, -0.2) is 67.1 Å². The third-order valence-electron chi connectivity index (χ3n) is 4.89. The molecule has 0 saturated carbocycles. The lowest BCUT2D eigenvalue weighted by Crippen LogP contribution is -2.51. The van der Waals surface area contributed by atoms with Crippen molar-refractivity contribution in [1.29, 1.82) is 0 Å². The van der Waals surface area contributed by atoms with E-state index in [0.717, 1.165) is 0 Å². The lowest BCUT2D eigenvalue weighted by atomic mass is 10.2. The second-order valence-electron chi connectivity index (χ2n) is 6.83. The van der Waals surface area contributed by atoms with Gasteiger partial charge in [0, 0.05) is 44.1 Å². The number of ether oxygens (including phenoxy) is 1. The maximum Gasteiger partial charge on any atom is 0.255 e. The molecule has 0 N–H and O–H groups in total. The zero-order chi connectivity index (χ0) is 21.0. The zero-order valence-corrected chi connectivity index (χ0v) is 17.4. The first-order valence-electron chi connectivity index (χ1n) is 9.50. The normalized spacial score (nSPS) is 15.3. The minimum atomic E-state index is -3.26. The van der Waals surface area contributed by atoms with Crippen LogP contribution in [0, 0.1) is 0 Å². The van der Waals surface area contributed by atoms with Crippen molar-refractivity contribution in [2.24, 2.45) is 0 Å². The van der Waals surface area contributed by atoms with Crippen LogP contribution < -0.4 is 10.3 Å². The third kappa shape index (κ3) is 4.68. The van der Waals surface area contributed by atoms with E-state index in [2.05, 4.69) is 0 Å². The van der Waals surface area contributed by atoms with Crippen LogP contribution in [0.3, 0.4) is 0 Å². The first kappa shape index (κ1) is 21.1. The molecular formula is C20H25N3O5S. The molecule has 0 unspecified atom stereocenters. The van der Waals surface area contributed by atoms with Crippen LogP contribution in [0.1, 0.15) is 23.7 Å². The first-order valence-corrected chi connectivity index (χ1v) is 11.1. The average molecular weight is 420 g/mol. The third-order valence-corrected chi connectivity index (χ3v) is 6.97. The van der Waals surface area contributed by atoms with E-state index in [1.165, 1.54) is 27.2 Å². The maximum atomic E-state index is 12.9. The van der Waals surface area contributed by atoms with Crippen LogP contribution in [0.25, 0.3) is 5.69 Å². The molecule has 8 nitrogen and oxygen atoms in total. The summed E-state index contributed by atoms with van der Waals surface area (Å²) >= 11 is 0. The molecule has 3 rings (SSSR count). The minimum Gasteiger partial charge on any atom is -0.497 e. The Bertz CT molecular complexity index is 1020. The van der Waals surface area contributed by atoms with E-state index >= 15 is 0 Å². The van der Waals surface area contributed by atoms with Crippen LogP contribution in [-0.2, 0) is 10.0 Å². The summed E-state index contributed by atoms with van der Waals surface area (Å²) < 4.78 is 32.4. The smallest absolute Gasteiger partial charge is 0.255 e. The Morgan fingerprint density at radius 2 is 1.69 bits per heavy atom. The summed E-state index contributed by atoms with van der Waals surface area (Å²) in [7, 11) is -1.70. The number of nitrogens with zero attached hydrogens (tertiary/aromatic N) is 3. The maximum absolute atomic E-state index is 12.9. The van der Waals surface area contributed by atoms with Gasteiger partial charge in [-0.2, -0.15) is 4.31 Å². The van der Waals surface area contributed by atoms with Gasteiger partial charge in [0.05, 0.1) is 18.4 Å². The van der Waals surface area contributed by atoms with Crippen molar-refractivity contribution in [3.8, 4) is 11.4 Å². The van der Waals surface area contributed by atoms with Gasteiger partial charge < -0.3 is 9.64 Å². The monoisotopic (exact) mass is 419 g/mol. The summed E-state index contributed by atoms with van der Waals surface area (Å²) in [5.74, 6) is 0.568. The molecule has 0 radical (unpaired) electrons. The van der Waals surface area contributed by atoms with Crippen molar-refractivity contribution < 1.29 is 17.9 Å². The van der Waals surface area contributed by atoms with Crippen LogP contribution in [0.15, 0.2) is 47.4 Å². The second kappa shape index (κ2) is 8.79. The first-order chi connectivity index (χ1) is 13.9. The van der Waals surface area contributed by atoms with Gasteiger partial charge >= 0.3 is 0 Å². The van der Waals surface area contributed by atoms with Crippen LogP contribution in [0.2, 0.25) is 0 Å². The quantitative estimate of drug-likeness (QED) is 0.705. The molecule has 1 saturated heterocycles. The summed E-state index contributed by atoms with van der Waals surface area (Å²) in [6.45, 7) is 3.04.